The molecular formula is C18H22Cl2FN5O2. The van der Waals surface area contributed by atoms with Crippen LogP contribution in [0.3, 0.4) is 0 Å². The molecule has 10 heteroatoms. The number of pyridine rings is 1. The van der Waals surface area contributed by atoms with Crippen molar-refractivity contribution in [2.24, 2.45) is 5.41 Å². The number of rotatable bonds is 2. The highest BCUT2D eigenvalue weighted by molar-refractivity contribution is 6.30. The van der Waals surface area contributed by atoms with Gasteiger partial charge in [-0.1, -0.05) is 32.4 Å². The van der Waals surface area contributed by atoms with E-state index in [0.29, 0.717) is 24.2 Å². The molecule has 2 aromatic rings. The average molecular weight is 430 g/mol. The first-order chi connectivity index (χ1) is 12.9. The van der Waals surface area contributed by atoms with Gasteiger partial charge in [0.1, 0.15) is 11.3 Å². The molecule has 3 rings (SSSR count). The van der Waals surface area contributed by atoms with Crippen LogP contribution in [0.2, 0.25) is 10.4 Å². The smallest absolute Gasteiger partial charge is 0.407 e. The highest BCUT2D eigenvalue weighted by Gasteiger charge is 2.56. The summed E-state index contributed by atoms with van der Waals surface area (Å²) in [5.74, 6) is -0.388. The van der Waals surface area contributed by atoms with Gasteiger partial charge in [-0.3, -0.25) is 0 Å². The van der Waals surface area contributed by atoms with Gasteiger partial charge in [0.05, 0.1) is 17.0 Å². The van der Waals surface area contributed by atoms with E-state index >= 15 is 0 Å². The van der Waals surface area contributed by atoms with Gasteiger partial charge < -0.3 is 14.9 Å². The minimum Gasteiger partial charge on any atom is -0.465 e. The van der Waals surface area contributed by atoms with Gasteiger partial charge in [0.25, 0.3) is 0 Å². The number of aromatic nitrogens is 3. The summed E-state index contributed by atoms with van der Waals surface area (Å²) in [5, 5.41) is 9.69. The number of carbonyl (C=O) groups is 1. The second-order valence-corrected chi connectivity index (χ2v) is 8.88. The number of hydrogen-bond acceptors (Lipinski definition) is 5. The number of likely N-dealkylation sites (N-methyl/N-ethyl adjacent to an activating group) is 1. The Labute approximate surface area is 172 Å². The third-order valence-corrected chi connectivity index (χ3v) is 6.41. The van der Waals surface area contributed by atoms with E-state index in [9.17, 15) is 14.3 Å². The molecule has 1 saturated heterocycles. The van der Waals surface area contributed by atoms with Crippen LogP contribution in [0.25, 0.3) is 10.9 Å². The van der Waals surface area contributed by atoms with Gasteiger partial charge >= 0.3 is 6.09 Å². The van der Waals surface area contributed by atoms with Crippen LogP contribution < -0.4 is 4.90 Å². The summed E-state index contributed by atoms with van der Waals surface area (Å²) >= 11 is 11.8. The molecule has 2 aromatic heterocycles. The number of likely N-dealkylation sites (tertiary alicyclic amines) is 1. The molecule has 0 radical (unpaired) electrons. The lowest BCUT2D eigenvalue weighted by Gasteiger charge is -2.50. The van der Waals surface area contributed by atoms with Gasteiger partial charge in [0.2, 0.25) is 5.28 Å². The molecule has 1 fully saturated rings. The van der Waals surface area contributed by atoms with Crippen molar-refractivity contribution in [2.75, 3.05) is 18.5 Å². The first-order valence-corrected chi connectivity index (χ1v) is 9.55. The topological polar surface area (TPSA) is 82.5 Å². The van der Waals surface area contributed by atoms with Gasteiger partial charge in [-0.15, -0.1) is 0 Å². The number of hydrogen-bond donors (Lipinski definition) is 1. The molecule has 0 spiro atoms. The molecule has 1 N–H and O–H groups in total. The van der Waals surface area contributed by atoms with Crippen LogP contribution >= 0.6 is 23.2 Å². The molecule has 0 aromatic carbocycles. The highest BCUT2D eigenvalue weighted by Crippen LogP contribution is 2.46. The van der Waals surface area contributed by atoms with Crippen molar-refractivity contribution in [1.82, 2.24) is 19.9 Å². The maximum atomic E-state index is 14.5. The fourth-order valence-electron chi connectivity index (χ4n) is 4.12. The number of carboxylic acid groups (broad SMARTS) is 1. The summed E-state index contributed by atoms with van der Waals surface area (Å²) < 4.78 is 14.5. The van der Waals surface area contributed by atoms with E-state index < -0.39 is 17.4 Å². The first kappa shape index (κ1) is 20.8. The zero-order valence-corrected chi connectivity index (χ0v) is 17.8. The third kappa shape index (κ3) is 3.03. The molecule has 1 amide bonds. The molecule has 2 atom stereocenters. The Morgan fingerprint density at radius 2 is 2.04 bits per heavy atom. The zero-order valence-electron chi connectivity index (χ0n) is 16.3. The van der Waals surface area contributed by atoms with Crippen LogP contribution in [0.15, 0.2) is 6.20 Å². The van der Waals surface area contributed by atoms with E-state index in [4.69, 9.17) is 23.2 Å². The maximum Gasteiger partial charge on any atom is 0.407 e. The summed E-state index contributed by atoms with van der Waals surface area (Å²) in [5.41, 5.74) is -1.12. The predicted octanol–water partition coefficient (Wildman–Crippen LogP) is 4.46. The summed E-state index contributed by atoms with van der Waals surface area (Å²) in [6, 6.07) is -0.225. The average Bonchev–Trinajstić information content (AvgIpc) is 2.96. The largest absolute Gasteiger partial charge is 0.465 e. The van der Waals surface area contributed by atoms with Crippen molar-refractivity contribution in [3.8, 4) is 0 Å². The van der Waals surface area contributed by atoms with Gasteiger partial charge in [0.15, 0.2) is 11.0 Å². The fraction of sp³-hybridized carbons (Fsp3) is 0.556. The Balaban J connectivity index is 2.18. The second kappa shape index (κ2) is 6.84. The van der Waals surface area contributed by atoms with Gasteiger partial charge in [-0.25, -0.2) is 19.2 Å². The third-order valence-electron chi connectivity index (χ3n) is 5.98. The molecule has 1 aliphatic rings. The van der Waals surface area contributed by atoms with E-state index in [0.717, 1.165) is 0 Å². The molecular weight excluding hydrogens is 408 g/mol. The van der Waals surface area contributed by atoms with Crippen molar-refractivity contribution >= 4 is 46.0 Å². The highest BCUT2D eigenvalue weighted by atomic mass is 35.5. The van der Waals surface area contributed by atoms with E-state index in [2.05, 4.69) is 15.0 Å². The maximum absolute atomic E-state index is 14.5. The van der Waals surface area contributed by atoms with Crippen molar-refractivity contribution in [1.29, 1.82) is 0 Å². The van der Waals surface area contributed by atoms with Crippen LogP contribution in [0, 0.1) is 11.2 Å². The monoisotopic (exact) mass is 429 g/mol. The molecule has 28 heavy (non-hydrogen) atoms. The minimum absolute atomic E-state index is 0.0209. The Morgan fingerprint density at radius 3 is 2.61 bits per heavy atom. The van der Waals surface area contributed by atoms with Crippen LogP contribution in [0.4, 0.5) is 15.0 Å². The van der Waals surface area contributed by atoms with Crippen LogP contribution in [-0.4, -0.2) is 56.2 Å². The van der Waals surface area contributed by atoms with Crippen molar-refractivity contribution in [2.45, 2.75) is 45.7 Å². The Bertz CT molecular complexity index is 952. The Kier molecular flexibility index (Phi) is 5.08. The predicted molar refractivity (Wildman–Crippen MR) is 107 cm³/mol. The lowest BCUT2D eigenvalue weighted by atomic mass is 9.70. The Hall–Kier alpha value is -1.93. The molecule has 0 unspecified atom stereocenters. The lowest BCUT2D eigenvalue weighted by molar-refractivity contribution is 0.0346. The standard InChI is InChI=1S/C18H22Cl2FN5O2/c1-17(2,3)18(4)10(6-7-26(18)16(27)28)25(5)14-9-8-22-13(19)11(21)12(9)23-15(20)24-14/h8,10H,6-7H2,1-5H3,(H,27,28)/t10-,18+/m1/s1. The second-order valence-electron chi connectivity index (χ2n) is 8.19. The van der Waals surface area contributed by atoms with Crippen LogP contribution in [0.1, 0.15) is 34.1 Å². The van der Waals surface area contributed by atoms with Crippen molar-refractivity contribution in [3.63, 3.8) is 0 Å². The number of amides is 1. The quantitative estimate of drug-likeness (QED) is 0.560. The van der Waals surface area contributed by atoms with Gasteiger partial charge in [0, 0.05) is 19.8 Å². The SMILES string of the molecule is CN(c1nc(Cl)nc2c(F)c(Cl)ncc12)[C@@H]1CCN(C(=O)O)[C@]1(C)C(C)(C)C. The normalized spacial score (nSPS) is 22.7. The van der Waals surface area contributed by atoms with Crippen LogP contribution in [-0.2, 0) is 0 Å². The summed E-state index contributed by atoms with van der Waals surface area (Å²) in [6.07, 6.45) is 1.02. The number of anilines is 1. The van der Waals surface area contributed by atoms with Gasteiger partial charge in [-0.05, 0) is 30.4 Å². The van der Waals surface area contributed by atoms with E-state index in [1.165, 1.54) is 11.1 Å². The van der Waals surface area contributed by atoms with E-state index in [1.807, 2.05) is 32.6 Å². The van der Waals surface area contributed by atoms with Crippen LogP contribution in [0.5, 0.6) is 0 Å². The van der Waals surface area contributed by atoms with E-state index in [1.54, 1.807) is 7.05 Å². The zero-order chi connectivity index (χ0) is 21.0. The number of halogens is 3. The molecule has 0 saturated carbocycles. The van der Waals surface area contributed by atoms with Gasteiger partial charge in [-0.2, -0.15) is 4.98 Å². The lowest BCUT2D eigenvalue weighted by Crippen LogP contribution is -2.62. The molecule has 7 nitrogen and oxygen atoms in total. The fourth-order valence-corrected chi connectivity index (χ4v) is 4.43. The number of nitrogens with zero attached hydrogens (tertiary/aromatic N) is 5. The minimum atomic E-state index is -0.974. The molecule has 0 aliphatic carbocycles. The van der Waals surface area contributed by atoms with Crippen molar-refractivity contribution < 1.29 is 14.3 Å². The molecule has 0 bridgehead atoms. The van der Waals surface area contributed by atoms with Crippen molar-refractivity contribution in [3.05, 3.63) is 22.5 Å². The summed E-state index contributed by atoms with van der Waals surface area (Å²) in [4.78, 5) is 27.3. The summed E-state index contributed by atoms with van der Waals surface area (Å²) in [6.45, 7) is 8.31. The summed E-state index contributed by atoms with van der Waals surface area (Å²) in [7, 11) is 1.80. The van der Waals surface area contributed by atoms with E-state index in [-0.39, 0.29) is 27.4 Å². The molecule has 3 heterocycles. The number of fused-ring (bicyclic) bond motifs is 1. The molecule has 152 valence electrons. The molecule has 1 aliphatic heterocycles. The first-order valence-electron chi connectivity index (χ1n) is 8.80. The Morgan fingerprint density at radius 1 is 1.39 bits per heavy atom.